The number of aryl methyl sites for hydroxylation is 1. The van der Waals surface area contributed by atoms with Crippen molar-refractivity contribution < 1.29 is 64.4 Å². The fourth-order valence-corrected chi connectivity index (χ4v) is 12.7. The summed E-state index contributed by atoms with van der Waals surface area (Å²) in [5.74, 6) is 0.682. The number of fused-ring (bicyclic) bond motifs is 4. The van der Waals surface area contributed by atoms with Crippen molar-refractivity contribution in [2.75, 3.05) is 26.3 Å². The van der Waals surface area contributed by atoms with Gasteiger partial charge >= 0.3 is 0 Å². The first-order valence-corrected chi connectivity index (χ1v) is 25.4. The maximum Gasteiger partial charge on any atom is 0.222 e. The highest BCUT2D eigenvalue weighted by molar-refractivity contribution is 5.92. The quantitative estimate of drug-likeness (QED) is 0.0571. The largest absolute Gasteiger partial charge is 0.508 e. The van der Waals surface area contributed by atoms with Crippen LogP contribution in [-0.2, 0) is 27.4 Å². The monoisotopic (exact) mass is 979 g/mol. The lowest BCUT2D eigenvalue weighted by atomic mass is 9.63. The zero-order chi connectivity index (χ0) is 49.8. The summed E-state index contributed by atoms with van der Waals surface area (Å²) in [4.78, 5) is 45.3. The SMILES string of the molecule is CCC1C2=CC=NC2=C[NH+]1c1c2c(cc3c(=O)cc(C)oc13)C[C@@H](OOC[C@@](O)(Cc1ccc(O)c3ccc(O)cc13)[C@@H](O)[C@H](O)[C@H](O)CO)[C@@]1(C[C@H]([C@@H]3CNC(=O)C3)CC[C@@H]1CNC1CCCCC1)O2. The molecule has 0 radical (unpaired) electrons. The molecular weight excluding hydrogens is 913 g/mol. The Balaban J connectivity index is 1.09. The minimum absolute atomic E-state index is 0.00269. The van der Waals surface area contributed by atoms with Crippen LogP contribution in [0.5, 0.6) is 17.2 Å². The number of carbonyl (C=O) groups is 1. The number of amides is 1. The first-order chi connectivity index (χ1) is 34.2. The Hall–Kier alpha value is -5.21. The maximum atomic E-state index is 14.0. The number of aliphatic hydroxyl groups is 5. The van der Waals surface area contributed by atoms with Gasteiger partial charge in [0.15, 0.2) is 11.2 Å². The number of aliphatic imine (C=N–C) groups is 1. The molecule has 17 heteroatoms. The summed E-state index contributed by atoms with van der Waals surface area (Å²) < 4.78 is 14.3. The Bertz CT molecular complexity index is 2820. The Morgan fingerprint density at radius 2 is 1.80 bits per heavy atom. The zero-order valence-electron chi connectivity index (χ0n) is 40.3. The molecule has 71 heavy (non-hydrogen) atoms. The molecule has 17 nitrogen and oxygen atoms in total. The van der Waals surface area contributed by atoms with Gasteiger partial charge in [-0.15, -0.1) is 0 Å². The lowest BCUT2D eigenvalue weighted by molar-refractivity contribution is -0.793. The molecule has 1 saturated heterocycles. The van der Waals surface area contributed by atoms with Gasteiger partial charge in [0.05, 0.1) is 12.0 Å². The van der Waals surface area contributed by atoms with E-state index in [9.17, 15) is 45.3 Å². The lowest BCUT2D eigenvalue weighted by Crippen LogP contribution is -3.05. The van der Waals surface area contributed by atoms with E-state index in [0.717, 1.165) is 61.1 Å². The highest BCUT2D eigenvalue weighted by atomic mass is 17.2. The van der Waals surface area contributed by atoms with Crippen LogP contribution in [0, 0.1) is 24.7 Å². The van der Waals surface area contributed by atoms with Gasteiger partial charge < -0.3 is 55.5 Å². The van der Waals surface area contributed by atoms with E-state index in [4.69, 9.17) is 18.9 Å². The van der Waals surface area contributed by atoms with Gasteiger partial charge in [-0.1, -0.05) is 32.3 Å². The molecule has 1 aromatic heterocycles. The fourth-order valence-electron chi connectivity index (χ4n) is 12.7. The molecule has 11 atom stereocenters. The van der Waals surface area contributed by atoms with Gasteiger partial charge in [0, 0.05) is 79.5 Å². The molecule has 10 rings (SSSR count). The first kappa shape index (κ1) is 49.4. The van der Waals surface area contributed by atoms with Crippen LogP contribution in [0.15, 0.2) is 80.2 Å². The van der Waals surface area contributed by atoms with E-state index in [1.807, 2.05) is 6.08 Å². The summed E-state index contributed by atoms with van der Waals surface area (Å²) in [6.45, 7) is 3.30. The molecule has 4 aromatic rings. The third-order valence-corrected chi connectivity index (χ3v) is 16.5. The Morgan fingerprint density at radius 3 is 2.56 bits per heavy atom. The third kappa shape index (κ3) is 9.29. The number of hydrogen-bond acceptors (Lipinski definition) is 15. The number of allylic oxidation sites excluding steroid dienone is 1. The molecule has 5 heterocycles. The number of nitrogens with zero attached hydrogens (tertiary/aromatic N) is 1. The van der Waals surface area contributed by atoms with Gasteiger partial charge in [0.25, 0.3) is 0 Å². The number of carbonyl (C=O) groups excluding carboxylic acids is 1. The molecule has 0 bridgehead atoms. The fraction of sp³-hybridized carbons (Fsp3) is 0.537. The summed E-state index contributed by atoms with van der Waals surface area (Å²) in [5.41, 5.74) is 0.262. The second kappa shape index (κ2) is 20.0. The molecule has 10 N–H and O–H groups in total. The van der Waals surface area contributed by atoms with Crippen LogP contribution in [0.4, 0.5) is 5.69 Å². The Morgan fingerprint density at radius 1 is 0.986 bits per heavy atom. The average Bonchev–Trinajstić information content (AvgIpc) is 4.10. The van der Waals surface area contributed by atoms with E-state index in [2.05, 4.69) is 28.7 Å². The van der Waals surface area contributed by atoms with Crippen LogP contribution >= 0.6 is 0 Å². The number of phenolic OH excluding ortho intramolecular Hbond substituents is 2. The van der Waals surface area contributed by atoms with Gasteiger partial charge in [-0.25, -0.2) is 9.78 Å². The Labute approximate surface area is 411 Å². The summed E-state index contributed by atoms with van der Waals surface area (Å²) in [6.07, 6.45) is 7.43. The topological polar surface area (TPSA) is 257 Å². The molecule has 3 fully saturated rings. The van der Waals surface area contributed by atoms with E-state index in [1.165, 1.54) is 42.8 Å². The molecule has 3 aromatic carbocycles. The van der Waals surface area contributed by atoms with E-state index >= 15 is 0 Å². The van der Waals surface area contributed by atoms with E-state index in [-0.39, 0.29) is 53.1 Å². The van der Waals surface area contributed by atoms with Crippen molar-refractivity contribution in [1.29, 1.82) is 0 Å². The smallest absolute Gasteiger partial charge is 0.222 e. The van der Waals surface area contributed by atoms with Gasteiger partial charge in [-0.2, -0.15) is 0 Å². The van der Waals surface area contributed by atoms with Crippen molar-refractivity contribution in [2.24, 2.45) is 22.7 Å². The lowest BCUT2D eigenvalue weighted by Gasteiger charge is -2.53. The number of quaternary nitrogens is 1. The molecule has 1 spiro atoms. The van der Waals surface area contributed by atoms with Crippen LogP contribution in [0.25, 0.3) is 21.7 Å². The normalized spacial score (nSPS) is 28.5. The number of hydrogen-bond donors (Lipinski definition) is 10. The standard InChI is InChI=1S/C54H66N4O13/c1-3-42-38-15-16-55-41(38)26-58(42)48-50-32(18-40-44(62)17-29(2)69-51(40)48)19-46(54(70-50)23-30(33-20-47(64)57-24-33)9-11-34(54)25-56-35-7-5-4-6-8-35)71-68-28-53(67,52(66)49(65)45(63)27-59)22-31-10-14-43(61)37-13-12-36(60)21-39(31)37/h10,12-18,21,26,30,33-35,42,45-46,49,52,56,59-61,63,65-67H,3-9,11,19-20,22-25,27-28H2,1-2H3,(H,57,64)/p+1/t30-,33+,34-,42?,45-,46-,49-,52+,53+,54+/m1/s1. The molecular formula is C54H67N4O13+. The summed E-state index contributed by atoms with van der Waals surface area (Å²) in [5, 5.41) is 85.1. The maximum absolute atomic E-state index is 14.0. The van der Waals surface area contributed by atoms with Crippen molar-refractivity contribution in [1.82, 2.24) is 10.6 Å². The van der Waals surface area contributed by atoms with E-state index < -0.39 is 55.3 Å². The molecule has 6 aliphatic rings. The van der Waals surface area contributed by atoms with Crippen molar-refractivity contribution in [3.8, 4) is 17.2 Å². The second-order valence-corrected chi connectivity index (χ2v) is 21.0. The molecule has 2 unspecified atom stereocenters. The molecule has 1 amide bonds. The Kier molecular flexibility index (Phi) is 13.9. The van der Waals surface area contributed by atoms with Crippen molar-refractivity contribution in [2.45, 2.75) is 139 Å². The van der Waals surface area contributed by atoms with E-state index in [1.54, 1.807) is 19.2 Å². The third-order valence-electron chi connectivity index (χ3n) is 16.5. The van der Waals surface area contributed by atoms with Crippen LogP contribution in [0.1, 0.15) is 88.0 Å². The highest BCUT2D eigenvalue weighted by Crippen LogP contribution is 2.53. The van der Waals surface area contributed by atoms with E-state index in [0.29, 0.717) is 82.0 Å². The number of aliphatic hydroxyl groups excluding tert-OH is 4. The van der Waals surface area contributed by atoms with Crippen molar-refractivity contribution >= 4 is 39.6 Å². The molecule has 380 valence electrons. The number of nitrogens with one attached hydrogen (secondary N) is 3. The van der Waals surface area contributed by atoms with Gasteiger partial charge in [0.1, 0.15) is 77.4 Å². The molecule has 4 aliphatic heterocycles. The van der Waals surface area contributed by atoms with Gasteiger partial charge in [0.2, 0.25) is 17.2 Å². The van der Waals surface area contributed by atoms with Crippen LogP contribution in [-0.4, -0.2) is 122 Å². The number of benzene rings is 3. The molecule has 2 saturated carbocycles. The number of rotatable bonds is 16. The summed E-state index contributed by atoms with van der Waals surface area (Å²) in [7, 11) is 0. The van der Waals surface area contributed by atoms with Crippen molar-refractivity contribution in [3.63, 3.8) is 0 Å². The average molecular weight is 980 g/mol. The predicted molar refractivity (Wildman–Crippen MR) is 262 cm³/mol. The zero-order valence-corrected chi connectivity index (χ0v) is 40.3. The summed E-state index contributed by atoms with van der Waals surface area (Å²) >= 11 is 0. The predicted octanol–water partition coefficient (Wildman–Crippen LogP) is 3.34. The minimum Gasteiger partial charge on any atom is -0.508 e. The number of aromatic hydroxyl groups is 2. The number of phenols is 2. The van der Waals surface area contributed by atoms with Crippen LogP contribution in [0.3, 0.4) is 0 Å². The highest BCUT2D eigenvalue weighted by Gasteiger charge is 2.58. The number of ether oxygens (including phenoxy) is 1. The van der Waals surface area contributed by atoms with Crippen LogP contribution in [0.2, 0.25) is 0 Å². The van der Waals surface area contributed by atoms with Crippen LogP contribution < -0.4 is 25.7 Å². The van der Waals surface area contributed by atoms with Gasteiger partial charge in [-0.3, -0.25) is 19.5 Å². The summed E-state index contributed by atoms with van der Waals surface area (Å²) in [6, 6.07) is 10.8. The van der Waals surface area contributed by atoms with Gasteiger partial charge in [-0.05, 0) is 98.2 Å². The minimum atomic E-state index is -2.42. The van der Waals surface area contributed by atoms with Crippen molar-refractivity contribution in [3.05, 3.63) is 93.1 Å². The first-order valence-electron chi connectivity index (χ1n) is 25.4. The molecule has 2 aliphatic carbocycles. The second-order valence-electron chi connectivity index (χ2n) is 21.0.